The summed E-state index contributed by atoms with van der Waals surface area (Å²) in [6.45, 7) is 0.0530. The van der Waals surface area contributed by atoms with Crippen LogP contribution in [-0.4, -0.2) is 23.1 Å². The largest absolute Gasteiger partial charge is 0.465 e. The van der Waals surface area contributed by atoms with Crippen LogP contribution < -0.4 is 5.32 Å². The molecule has 0 aliphatic rings. The first kappa shape index (κ1) is 10.4. The Labute approximate surface area is 72.4 Å². The molecule has 0 unspecified atom stereocenters. The summed E-state index contributed by atoms with van der Waals surface area (Å²) in [4.78, 5) is 9.95. The number of hydrogen-bond donors (Lipinski definition) is 2. The normalized spacial score (nSPS) is 11.3. The molecule has 0 atom stereocenters. The van der Waals surface area contributed by atoms with Crippen LogP contribution in [0.3, 0.4) is 0 Å². The highest BCUT2D eigenvalue weighted by Crippen LogP contribution is 2.02. The SMILES string of the molecule is O=C(O)NCC(=CF)CCBr. The Morgan fingerprint density at radius 1 is 1.73 bits per heavy atom. The molecule has 2 N–H and O–H groups in total. The molecule has 0 saturated heterocycles. The molecule has 0 fully saturated rings. The topological polar surface area (TPSA) is 49.3 Å². The van der Waals surface area contributed by atoms with Crippen molar-refractivity contribution in [1.82, 2.24) is 5.32 Å². The second-order valence-corrected chi connectivity index (χ2v) is 2.66. The van der Waals surface area contributed by atoms with Gasteiger partial charge in [-0.25, -0.2) is 9.18 Å². The highest BCUT2D eigenvalue weighted by Gasteiger charge is 1.98. The van der Waals surface area contributed by atoms with Crippen LogP contribution in [0.4, 0.5) is 9.18 Å². The molecule has 3 nitrogen and oxygen atoms in total. The van der Waals surface area contributed by atoms with Gasteiger partial charge >= 0.3 is 6.09 Å². The number of hydrogen-bond acceptors (Lipinski definition) is 1. The van der Waals surface area contributed by atoms with E-state index in [9.17, 15) is 9.18 Å². The van der Waals surface area contributed by atoms with Crippen LogP contribution in [0.5, 0.6) is 0 Å². The van der Waals surface area contributed by atoms with Gasteiger partial charge in [0.1, 0.15) is 0 Å². The van der Waals surface area contributed by atoms with Gasteiger partial charge in [0.15, 0.2) is 0 Å². The fraction of sp³-hybridized carbons (Fsp3) is 0.500. The third-order valence-electron chi connectivity index (χ3n) is 1.04. The smallest absolute Gasteiger partial charge is 0.404 e. The molecular weight excluding hydrogens is 217 g/mol. The highest BCUT2D eigenvalue weighted by atomic mass is 79.9. The van der Waals surface area contributed by atoms with Gasteiger partial charge in [-0.3, -0.25) is 0 Å². The molecule has 5 heteroatoms. The van der Waals surface area contributed by atoms with Gasteiger partial charge in [-0.15, -0.1) is 0 Å². The number of halogens is 2. The van der Waals surface area contributed by atoms with E-state index in [0.29, 0.717) is 23.7 Å². The third kappa shape index (κ3) is 5.84. The first-order valence-electron chi connectivity index (χ1n) is 3.01. The summed E-state index contributed by atoms with van der Waals surface area (Å²) in [6, 6.07) is 0. The quantitative estimate of drug-likeness (QED) is 0.719. The number of carboxylic acid groups (broad SMARTS) is 1. The lowest BCUT2D eigenvalue weighted by Crippen LogP contribution is -2.23. The first-order chi connectivity index (χ1) is 5.20. The molecular formula is C6H9BrFNO2. The molecule has 0 aliphatic heterocycles. The first-order valence-corrected chi connectivity index (χ1v) is 4.13. The van der Waals surface area contributed by atoms with Crippen LogP contribution in [-0.2, 0) is 0 Å². The van der Waals surface area contributed by atoms with E-state index in [2.05, 4.69) is 21.2 Å². The summed E-state index contributed by atoms with van der Waals surface area (Å²) in [5.41, 5.74) is 0.435. The maximum atomic E-state index is 11.9. The zero-order valence-corrected chi connectivity index (χ0v) is 7.40. The fourth-order valence-electron chi connectivity index (χ4n) is 0.492. The van der Waals surface area contributed by atoms with Gasteiger partial charge in [0.2, 0.25) is 0 Å². The zero-order chi connectivity index (χ0) is 8.69. The van der Waals surface area contributed by atoms with Crippen molar-refractivity contribution in [3.8, 4) is 0 Å². The van der Waals surface area contributed by atoms with Gasteiger partial charge in [-0.1, -0.05) is 15.9 Å². The maximum absolute atomic E-state index is 11.9. The lowest BCUT2D eigenvalue weighted by Gasteiger charge is -2.01. The minimum Gasteiger partial charge on any atom is -0.465 e. The number of alkyl halides is 1. The van der Waals surface area contributed by atoms with Crippen LogP contribution in [0, 0.1) is 0 Å². The predicted molar refractivity (Wildman–Crippen MR) is 43.6 cm³/mol. The minimum atomic E-state index is -1.14. The average Bonchev–Trinajstić information content (AvgIpc) is 1.97. The Morgan fingerprint density at radius 3 is 2.73 bits per heavy atom. The molecule has 0 rings (SSSR count). The molecule has 0 aliphatic carbocycles. The van der Waals surface area contributed by atoms with Gasteiger partial charge in [0, 0.05) is 11.9 Å². The van der Waals surface area contributed by atoms with E-state index in [0.717, 1.165) is 0 Å². The van der Waals surface area contributed by atoms with Crippen molar-refractivity contribution in [3.05, 3.63) is 11.9 Å². The Kier molecular flexibility index (Phi) is 5.83. The van der Waals surface area contributed by atoms with Crippen LogP contribution in [0.25, 0.3) is 0 Å². The van der Waals surface area contributed by atoms with Crippen molar-refractivity contribution >= 4 is 22.0 Å². The monoisotopic (exact) mass is 225 g/mol. The molecule has 64 valence electrons. The van der Waals surface area contributed by atoms with E-state index in [4.69, 9.17) is 5.11 Å². The van der Waals surface area contributed by atoms with Crippen molar-refractivity contribution in [2.45, 2.75) is 6.42 Å². The van der Waals surface area contributed by atoms with Crippen molar-refractivity contribution < 1.29 is 14.3 Å². The van der Waals surface area contributed by atoms with Gasteiger partial charge in [0.05, 0.1) is 6.33 Å². The highest BCUT2D eigenvalue weighted by molar-refractivity contribution is 9.09. The standard InChI is InChI=1S/C6H9BrFNO2/c7-2-1-5(3-8)4-9-6(10)11/h3,9H,1-2,4H2,(H,10,11). The molecule has 0 bridgehead atoms. The zero-order valence-electron chi connectivity index (χ0n) is 5.81. The third-order valence-corrected chi connectivity index (χ3v) is 1.43. The number of amides is 1. The van der Waals surface area contributed by atoms with Crippen molar-refractivity contribution in [2.75, 3.05) is 11.9 Å². The van der Waals surface area contributed by atoms with Crippen LogP contribution in [0.2, 0.25) is 0 Å². The molecule has 11 heavy (non-hydrogen) atoms. The summed E-state index contributed by atoms with van der Waals surface area (Å²) in [5.74, 6) is 0. The van der Waals surface area contributed by atoms with E-state index < -0.39 is 6.09 Å². The molecule has 0 aromatic heterocycles. The van der Waals surface area contributed by atoms with Gasteiger partial charge in [-0.2, -0.15) is 0 Å². The Balaban J connectivity index is 3.62. The van der Waals surface area contributed by atoms with Crippen molar-refractivity contribution in [1.29, 1.82) is 0 Å². The van der Waals surface area contributed by atoms with E-state index in [1.165, 1.54) is 0 Å². The number of rotatable bonds is 4. The lowest BCUT2D eigenvalue weighted by molar-refractivity contribution is 0.195. The Morgan fingerprint density at radius 2 is 2.36 bits per heavy atom. The molecule has 1 amide bonds. The van der Waals surface area contributed by atoms with E-state index >= 15 is 0 Å². The summed E-state index contributed by atoms with van der Waals surface area (Å²) in [6.07, 6.45) is -0.201. The second kappa shape index (κ2) is 6.15. The molecule has 0 aromatic rings. The molecule has 0 radical (unpaired) electrons. The van der Waals surface area contributed by atoms with E-state index in [1.54, 1.807) is 0 Å². The predicted octanol–water partition coefficient (Wildman–Crippen LogP) is 1.89. The van der Waals surface area contributed by atoms with Crippen molar-refractivity contribution in [2.24, 2.45) is 0 Å². The average molecular weight is 226 g/mol. The Bertz CT molecular complexity index is 161. The fourth-order valence-corrected chi connectivity index (χ4v) is 1.00. The minimum absolute atomic E-state index is 0.0530. The summed E-state index contributed by atoms with van der Waals surface area (Å²) >= 11 is 3.12. The summed E-state index contributed by atoms with van der Waals surface area (Å²) in [7, 11) is 0. The van der Waals surface area contributed by atoms with Crippen molar-refractivity contribution in [3.63, 3.8) is 0 Å². The summed E-state index contributed by atoms with van der Waals surface area (Å²) < 4.78 is 11.9. The molecule has 0 aromatic carbocycles. The molecule has 0 saturated carbocycles. The van der Waals surface area contributed by atoms with Crippen LogP contribution >= 0.6 is 15.9 Å². The number of carbonyl (C=O) groups is 1. The number of nitrogens with one attached hydrogen (secondary N) is 1. The van der Waals surface area contributed by atoms with Crippen LogP contribution in [0.15, 0.2) is 11.9 Å². The molecule has 0 spiro atoms. The maximum Gasteiger partial charge on any atom is 0.404 e. The van der Waals surface area contributed by atoms with Crippen LogP contribution in [0.1, 0.15) is 6.42 Å². The van der Waals surface area contributed by atoms with E-state index in [1.807, 2.05) is 0 Å². The van der Waals surface area contributed by atoms with Gasteiger partial charge in [0.25, 0.3) is 0 Å². The molecule has 0 heterocycles. The summed E-state index contributed by atoms with van der Waals surface area (Å²) in [5, 5.41) is 10.9. The van der Waals surface area contributed by atoms with E-state index in [-0.39, 0.29) is 6.54 Å². The van der Waals surface area contributed by atoms with Gasteiger partial charge < -0.3 is 10.4 Å². The second-order valence-electron chi connectivity index (χ2n) is 1.87. The Hall–Kier alpha value is -0.580. The van der Waals surface area contributed by atoms with Gasteiger partial charge in [-0.05, 0) is 12.0 Å². The lowest BCUT2D eigenvalue weighted by atomic mass is 10.2.